The van der Waals surface area contributed by atoms with Crippen LogP contribution in [0.25, 0.3) is 0 Å². The Balaban J connectivity index is 1.93. The van der Waals surface area contributed by atoms with Crippen molar-refractivity contribution in [1.29, 1.82) is 0 Å². The van der Waals surface area contributed by atoms with Crippen LogP contribution in [-0.4, -0.2) is 21.4 Å². The molecule has 0 aliphatic heterocycles. The fraction of sp³-hybridized carbons (Fsp3) is 0.150. The third-order valence-electron chi connectivity index (χ3n) is 4.04. The van der Waals surface area contributed by atoms with Crippen molar-refractivity contribution in [2.24, 2.45) is 0 Å². The van der Waals surface area contributed by atoms with E-state index in [-0.39, 0.29) is 22.1 Å². The molecule has 0 bridgehead atoms. The molecule has 0 spiro atoms. The maximum atomic E-state index is 13.0. The first kappa shape index (κ1) is 20.9. The van der Waals surface area contributed by atoms with Gasteiger partial charge in [-0.05, 0) is 77.8 Å². The molecule has 1 amide bonds. The molecule has 2 aromatic carbocycles. The minimum absolute atomic E-state index is 0.109. The molecule has 0 fully saturated rings. The second kappa shape index (κ2) is 8.30. The average Bonchev–Trinajstić information content (AvgIpc) is 3.11. The summed E-state index contributed by atoms with van der Waals surface area (Å²) in [5.74, 6) is 0.389. The molecule has 1 heterocycles. The fourth-order valence-corrected chi connectivity index (χ4v) is 4.37. The lowest BCUT2D eigenvalue weighted by molar-refractivity contribution is 0.0995. The van der Waals surface area contributed by atoms with Crippen LogP contribution in [0.4, 0.5) is 11.4 Å². The molecule has 29 heavy (non-hydrogen) atoms. The number of nitrogens with one attached hydrogen (secondary N) is 2. The van der Waals surface area contributed by atoms with Crippen LogP contribution in [0.1, 0.15) is 21.9 Å². The Kier molecular flexibility index (Phi) is 5.99. The first-order valence-corrected chi connectivity index (χ1v) is 10.8. The number of carbonyl (C=O) groups excluding carboxylic acids is 1. The quantitative estimate of drug-likeness (QED) is 0.533. The number of hydrogen-bond donors (Lipinski definition) is 2. The van der Waals surface area contributed by atoms with Gasteiger partial charge in [0.05, 0.1) is 12.8 Å². The number of hydrogen-bond acceptors (Lipinski definition) is 5. The van der Waals surface area contributed by atoms with Crippen LogP contribution in [0.15, 0.2) is 62.3 Å². The second-order valence-corrected chi connectivity index (χ2v) is 8.82. The number of anilines is 2. The molecule has 0 saturated carbocycles. The van der Waals surface area contributed by atoms with Crippen LogP contribution in [-0.2, 0) is 10.0 Å². The van der Waals surface area contributed by atoms with Gasteiger partial charge in [-0.15, -0.1) is 0 Å². The van der Waals surface area contributed by atoms with E-state index in [4.69, 9.17) is 9.15 Å². The van der Waals surface area contributed by atoms with Gasteiger partial charge in [0.15, 0.2) is 5.76 Å². The van der Waals surface area contributed by atoms with Gasteiger partial charge in [0.25, 0.3) is 15.9 Å². The molecule has 7 nitrogen and oxygen atoms in total. The summed E-state index contributed by atoms with van der Waals surface area (Å²) >= 11 is 3.34. The first-order chi connectivity index (χ1) is 13.7. The number of halogens is 1. The smallest absolute Gasteiger partial charge is 0.291 e. The maximum Gasteiger partial charge on any atom is 0.291 e. The molecular formula is C20H19BrN2O5S. The molecule has 0 radical (unpaired) electrons. The van der Waals surface area contributed by atoms with Gasteiger partial charge in [-0.1, -0.05) is 6.07 Å². The highest BCUT2D eigenvalue weighted by Crippen LogP contribution is 2.31. The Hall–Kier alpha value is -2.78. The number of methoxy groups -OCH3 is 1. The molecule has 0 aliphatic carbocycles. The number of furan rings is 1. The lowest BCUT2D eigenvalue weighted by Gasteiger charge is -2.14. The molecule has 0 unspecified atom stereocenters. The van der Waals surface area contributed by atoms with Crippen LogP contribution in [0.3, 0.4) is 0 Å². The van der Waals surface area contributed by atoms with E-state index in [1.807, 2.05) is 13.0 Å². The molecule has 0 atom stereocenters. The highest BCUT2D eigenvalue weighted by Gasteiger charge is 2.22. The van der Waals surface area contributed by atoms with Gasteiger partial charge in [-0.2, -0.15) is 0 Å². The average molecular weight is 479 g/mol. The zero-order valence-corrected chi connectivity index (χ0v) is 18.3. The number of amides is 1. The Morgan fingerprint density at radius 2 is 1.83 bits per heavy atom. The van der Waals surface area contributed by atoms with Crippen molar-refractivity contribution in [2.45, 2.75) is 18.7 Å². The molecule has 2 N–H and O–H groups in total. The Morgan fingerprint density at radius 3 is 2.48 bits per heavy atom. The summed E-state index contributed by atoms with van der Waals surface area (Å²) in [6.07, 6.45) is 0. The fourth-order valence-electron chi connectivity index (χ4n) is 2.63. The monoisotopic (exact) mass is 478 g/mol. The van der Waals surface area contributed by atoms with Gasteiger partial charge in [-0.3, -0.25) is 9.52 Å². The van der Waals surface area contributed by atoms with Crippen molar-refractivity contribution >= 4 is 43.2 Å². The zero-order valence-electron chi connectivity index (χ0n) is 15.9. The van der Waals surface area contributed by atoms with Crippen molar-refractivity contribution in [1.82, 2.24) is 0 Å². The summed E-state index contributed by atoms with van der Waals surface area (Å²) in [5.41, 5.74) is 1.58. The molecule has 0 aliphatic rings. The molecule has 9 heteroatoms. The third kappa shape index (κ3) is 4.80. The first-order valence-electron chi connectivity index (χ1n) is 8.54. The molecular weight excluding hydrogens is 460 g/mol. The van der Waals surface area contributed by atoms with E-state index >= 15 is 0 Å². The Bertz CT molecular complexity index is 1170. The predicted octanol–water partition coefficient (Wildman–Crippen LogP) is 4.72. The topological polar surface area (TPSA) is 97.6 Å². The minimum atomic E-state index is -3.99. The van der Waals surface area contributed by atoms with Crippen molar-refractivity contribution in [3.8, 4) is 5.75 Å². The second-order valence-electron chi connectivity index (χ2n) is 6.32. The largest absolute Gasteiger partial charge is 0.495 e. The SMILES string of the molecule is COc1ccc(NC(=O)c2ccc(C)o2)cc1S(=O)(=O)Nc1cc(C)ccc1Br. The van der Waals surface area contributed by atoms with Gasteiger partial charge in [0.2, 0.25) is 0 Å². The van der Waals surface area contributed by atoms with E-state index in [0.717, 1.165) is 5.56 Å². The standard InChI is InChI=1S/C20H19BrN2O5S/c1-12-4-7-15(21)16(10-12)23-29(25,26)19-11-14(6-9-17(19)27-3)22-20(24)18-8-5-13(2)28-18/h4-11,23H,1-3H3,(H,22,24). The van der Waals surface area contributed by atoms with Gasteiger partial charge >= 0.3 is 0 Å². The number of carbonyl (C=O) groups is 1. The Morgan fingerprint density at radius 1 is 1.07 bits per heavy atom. The number of benzene rings is 2. The van der Waals surface area contributed by atoms with E-state index in [1.54, 1.807) is 37.3 Å². The van der Waals surface area contributed by atoms with E-state index in [2.05, 4.69) is 26.0 Å². The molecule has 3 rings (SSSR count). The van der Waals surface area contributed by atoms with Crippen molar-refractivity contribution in [2.75, 3.05) is 17.1 Å². The summed E-state index contributed by atoms with van der Waals surface area (Å²) in [6.45, 7) is 3.58. The number of aryl methyl sites for hydroxylation is 2. The van der Waals surface area contributed by atoms with Crippen molar-refractivity contribution < 1.29 is 22.4 Å². The summed E-state index contributed by atoms with van der Waals surface area (Å²) in [5, 5.41) is 2.63. The minimum Gasteiger partial charge on any atom is -0.495 e. The zero-order chi connectivity index (χ0) is 21.2. The van der Waals surface area contributed by atoms with E-state index < -0.39 is 15.9 Å². The summed E-state index contributed by atoms with van der Waals surface area (Å²) < 4.78 is 39.7. The highest BCUT2D eigenvalue weighted by atomic mass is 79.9. The van der Waals surface area contributed by atoms with Gasteiger partial charge in [-0.25, -0.2) is 8.42 Å². The van der Waals surface area contributed by atoms with Crippen LogP contribution in [0.5, 0.6) is 5.75 Å². The maximum absolute atomic E-state index is 13.0. The number of sulfonamides is 1. The summed E-state index contributed by atoms with van der Waals surface area (Å²) in [6, 6.07) is 12.9. The van der Waals surface area contributed by atoms with Gasteiger partial charge in [0, 0.05) is 10.2 Å². The van der Waals surface area contributed by atoms with Crippen LogP contribution in [0.2, 0.25) is 0 Å². The van der Waals surface area contributed by atoms with E-state index in [1.165, 1.54) is 19.2 Å². The van der Waals surface area contributed by atoms with Gasteiger partial charge in [0.1, 0.15) is 16.4 Å². The van der Waals surface area contributed by atoms with E-state index in [0.29, 0.717) is 15.9 Å². The molecule has 0 saturated heterocycles. The third-order valence-corrected chi connectivity index (χ3v) is 6.12. The highest BCUT2D eigenvalue weighted by molar-refractivity contribution is 9.10. The lowest BCUT2D eigenvalue weighted by atomic mass is 10.2. The van der Waals surface area contributed by atoms with Crippen LogP contribution >= 0.6 is 15.9 Å². The van der Waals surface area contributed by atoms with Gasteiger partial charge < -0.3 is 14.5 Å². The van der Waals surface area contributed by atoms with E-state index in [9.17, 15) is 13.2 Å². The summed E-state index contributed by atoms with van der Waals surface area (Å²) in [7, 11) is -2.62. The molecule has 1 aromatic heterocycles. The predicted molar refractivity (Wildman–Crippen MR) is 114 cm³/mol. The Labute approximate surface area is 177 Å². The van der Waals surface area contributed by atoms with Crippen molar-refractivity contribution in [3.05, 3.63) is 70.1 Å². The van der Waals surface area contributed by atoms with Crippen molar-refractivity contribution in [3.63, 3.8) is 0 Å². The van der Waals surface area contributed by atoms with Crippen LogP contribution < -0.4 is 14.8 Å². The van der Waals surface area contributed by atoms with Crippen LogP contribution in [0, 0.1) is 13.8 Å². The number of rotatable bonds is 6. The summed E-state index contributed by atoms with van der Waals surface area (Å²) in [4.78, 5) is 12.2. The number of ether oxygens (including phenoxy) is 1. The molecule has 152 valence electrons. The lowest BCUT2D eigenvalue weighted by Crippen LogP contribution is -2.16. The normalized spacial score (nSPS) is 11.2. The molecule has 3 aromatic rings.